The molecule has 106 valence electrons. The number of nitrogens with zero attached hydrogens (tertiary/aromatic N) is 1. The Labute approximate surface area is 119 Å². The maximum Gasteiger partial charge on any atom is 0.270 e. The lowest BCUT2D eigenvalue weighted by Crippen LogP contribution is -2.45. The molecule has 20 heavy (non-hydrogen) atoms. The number of rotatable bonds is 4. The van der Waals surface area contributed by atoms with Gasteiger partial charge in [0.2, 0.25) is 0 Å². The van der Waals surface area contributed by atoms with Crippen molar-refractivity contribution in [1.82, 2.24) is 10.3 Å². The lowest BCUT2D eigenvalue weighted by molar-refractivity contribution is 0.0898. The third kappa shape index (κ3) is 3.82. The fraction of sp³-hybridized carbons (Fsp3) is 0.500. The lowest BCUT2D eigenvalue weighted by atomic mass is 9.98. The van der Waals surface area contributed by atoms with E-state index in [1.54, 1.807) is 18.3 Å². The summed E-state index contributed by atoms with van der Waals surface area (Å²) in [4.78, 5) is 16.3. The second kappa shape index (κ2) is 6.06. The first-order chi connectivity index (χ1) is 9.53. The molecule has 0 radical (unpaired) electrons. The monoisotopic (exact) mass is 272 g/mol. The summed E-state index contributed by atoms with van der Waals surface area (Å²) in [5.74, 6) is 6.14. The Bertz CT molecular complexity index is 534. The molecule has 2 N–H and O–H groups in total. The minimum atomic E-state index is -0.168. The van der Waals surface area contributed by atoms with E-state index in [1.807, 2.05) is 0 Å². The van der Waals surface area contributed by atoms with E-state index in [9.17, 15) is 4.79 Å². The number of nitrogens with one attached hydrogen (secondary N) is 1. The second-order valence-electron chi connectivity index (χ2n) is 5.66. The molecule has 0 spiro atoms. The lowest BCUT2D eigenvalue weighted by Gasteiger charge is -2.25. The van der Waals surface area contributed by atoms with Gasteiger partial charge in [-0.25, -0.2) is 4.98 Å². The summed E-state index contributed by atoms with van der Waals surface area (Å²) in [6.45, 7) is 4.16. The molecule has 1 fully saturated rings. The SMILES string of the molecule is CC(C)(NC(=O)c1ccc(C#CCCO)cn1)C1CC1. The maximum absolute atomic E-state index is 12.1. The number of carbonyl (C=O) groups excluding carboxylic acids is 1. The highest BCUT2D eigenvalue weighted by Gasteiger charge is 2.38. The molecule has 0 saturated heterocycles. The average Bonchev–Trinajstić information content (AvgIpc) is 3.24. The summed E-state index contributed by atoms with van der Waals surface area (Å²) in [6, 6.07) is 3.46. The molecule has 1 amide bonds. The van der Waals surface area contributed by atoms with Gasteiger partial charge < -0.3 is 10.4 Å². The van der Waals surface area contributed by atoms with Gasteiger partial charge in [-0.2, -0.15) is 0 Å². The summed E-state index contributed by atoms with van der Waals surface area (Å²) < 4.78 is 0. The van der Waals surface area contributed by atoms with Gasteiger partial charge in [-0.05, 0) is 44.7 Å². The number of hydrogen-bond acceptors (Lipinski definition) is 3. The standard InChI is InChI=1S/C16H20N2O2/c1-16(2,13-7-8-13)18-15(20)14-9-6-12(11-17-14)5-3-4-10-19/h6,9,11,13,19H,4,7-8,10H2,1-2H3,(H,18,20). The topological polar surface area (TPSA) is 62.2 Å². The van der Waals surface area contributed by atoms with E-state index in [0.717, 1.165) is 5.56 Å². The molecule has 0 aromatic carbocycles. The fourth-order valence-electron chi connectivity index (χ4n) is 2.09. The van der Waals surface area contributed by atoms with Crippen LogP contribution in [-0.4, -0.2) is 28.1 Å². The van der Waals surface area contributed by atoms with Gasteiger partial charge in [0, 0.05) is 23.7 Å². The van der Waals surface area contributed by atoms with Crippen LogP contribution in [0.3, 0.4) is 0 Å². The number of amides is 1. The number of carbonyl (C=O) groups is 1. The molecule has 0 bridgehead atoms. The zero-order valence-corrected chi connectivity index (χ0v) is 11.9. The van der Waals surface area contributed by atoms with Crippen LogP contribution in [0.5, 0.6) is 0 Å². The highest BCUT2D eigenvalue weighted by molar-refractivity contribution is 5.92. The first-order valence-electron chi connectivity index (χ1n) is 6.91. The van der Waals surface area contributed by atoms with E-state index in [4.69, 9.17) is 5.11 Å². The minimum absolute atomic E-state index is 0.0527. The Morgan fingerprint density at radius 1 is 1.50 bits per heavy atom. The molecule has 1 aliphatic rings. The van der Waals surface area contributed by atoms with Crippen molar-refractivity contribution in [2.45, 2.75) is 38.6 Å². The highest BCUT2D eigenvalue weighted by atomic mass is 16.2. The van der Waals surface area contributed by atoms with Gasteiger partial charge in [0.15, 0.2) is 0 Å². The average molecular weight is 272 g/mol. The molecular weight excluding hydrogens is 252 g/mol. The van der Waals surface area contributed by atoms with E-state index in [0.29, 0.717) is 18.0 Å². The van der Waals surface area contributed by atoms with Crippen molar-refractivity contribution in [3.8, 4) is 11.8 Å². The molecule has 0 aliphatic heterocycles. The van der Waals surface area contributed by atoms with Crippen LogP contribution in [0.1, 0.15) is 49.2 Å². The zero-order valence-electron chi connectivity index (χ0n) is 11.9. The van der Waals surface area contributed by atoms with Crippen LogP contribution in [0.15, 0.2) is 18.3 Å². The maximum atomic E-state index is 12.1. The molecule has 4 nitrogen and oxygen atoms in total. The van der Waals surface area contributed by atoms with E-state index in [1.165, 1.54) is 12.8 Å². The van der Waals surface area contributed by atoms with Gasteiger partial charge in [0.1, 0.15) is 5.69 Å². The van der Waals surface area contributed by atoms with Crippen molar-refractivity contribution in [3.63, 3.8) is 0 Å². The van der Waals surface area contributed by atoms with Gasteiger partial charge in [-0.3, -0.25) is 4.79 Å². The Balaban J connectivity index is 1.99. The van der Waals surface area contributed by atoms with Gasteiger partial charge in [-0.15, -0.1) is 0 Å². The molecule has 1 saturated carbocycles. The number of hydrogen-bond donors (Lipinski definition) is 2. The van der Waals surface area contributed by atoms with Crippen molar-refractivity contribution in [3.05, 3.63) is 29.6 Å². The number of pyridine rings is 1. The summed E-state index contributed by atoms with van der Waals surface area (Å²) in [5.41, 5.74) is 0.987. The zero-order chi connectivity index (χ0) is 14.6. The number of aliphatic hydroxyl groups excluding tert-OH is 1. The Morgan fingerprint density at radius 2 is 2.25 bits per heavy atom. The van der Waals surface area contributed by atoms with Crippen LogP contribution in [-0.2, 0) is 0 Å². The van der Waals surface area contributed by atoms with Crippen LogP contribution >= 0.6 is 0 Å². The normalized spacial score (nSPS) is 14.3. The first-order valence-corrected chi connectivity index (χ1v) is 6.91. The van der Waals surface area contributed by atoms with Gasteiger partial charge in [0.05, 0.1) is 6.61 Å². The van der Waals surface area contributed by atoms with Gasteiger partial charge in [-0.1, -0.05) is 11.8 Å². The predicted octanol–water partition coefficient (Wildman–Crippen LogP) is 1.73. The molecule has 1 heterocycles. The quantitative estimate of drug-likeness (QED) is 0.821. The number of aromatic nitrogens is 1. The van der Waals surface area contributed by atoms with Crippen molar-refractivity contribution >= 4 is 5.91 Å². The van der Waals surface area contributed by atoms with Crippen LogP contribution in [0.2, 0.25) is 0 Å². The number of aliphatic hydroxyl groups is 1. The van der Waals surface area contributed by atoms with Crippen molar-refractivity contribution in [2.24, 2.45) is 5.92 Å². The minimum Gasteiger partial charge on any atom is -0.395 e. The summed E-state index contributed by atoms with van der Waals surface area (Å²) in [6.07, 6.45) is 4.39. The summed E-state index contributed by atoms with van der Waals surface area (Å²) in [7, 11) is 0. The van der Waals surface area contributed by atoms with Gasteiger partial charge >= 0.3 is 0 Å². The van der Waals surface area contributed by atoms with Crippen molar-refractivity contribution < 1.29 is 9.90 Å². The highest BCUT2D eigenvalue weighted by Crippen LogP contribution is 2.39. The van der Waals surface area contributed by atoms with Crippen molar-refractivity contribution in [1.29, 1.82) is 0 Å². The molecule has 0 atom stereocenters. The third-order valence-electron chi connectivity index (χ3n) is 3.50. The Morgan fingerprint density at radius 3 is 2.80 bits per heavy atom. The van der Waals surface area contributed by atoms with E-state index in [-0.39, 0.29) is 18.1 Å². The molecular formula is C16H20N2O2. The van der Waals surface area contributed by atoms with Crippen LogP contribution < -0.4 is 5.32 Å². The smallest absolute Gasteiger partial charge is 0.270 e. The molecule has 4 heteroatoms. The summed E-state index contributed by atoms with van der Waals surface area (Å²) >= 11 is 0. The van der Waals surface area contributed by atoms with E-state index in [2.05, 4.69) is 36.0 Å². The molecule has 1 aromatic rings. The molecule has 1 aromatic heterocycles. The Hall–Kier alpha value is -1.86. The van der Waals surface area contributed by atoms with Crippen LogP contribution in [0.4, 0.5) is 0 Å². The third-order valence-corrected chi connectivity index (χ3v) is 3.50. The largest absolute Gasteiger partial charge is 0.395 e. The van der Waals surface area contributed by atoms with Gasteiger partial charge in [0.25, 0.3) is 5.91 Å². The van der Waals surface area contributed by atoms with Crippen LogP contribution in [0, 0.1) is 17.8 Å². The van der Waals surface area contributed by atoms with E-state index < -0.39 is 0 Å². The predicted molar refractivity (Wildman–Crippen MR) is 77.1 cm³/mol. The van der Waals surface area contributed by atoms with E-state index >= 15 is 0 Å². The summed E-state index contributed by atoms with van der Waals surface area (Å²) in [5, 5.41) is 11.7. The first kappa shape index (κ1) is 14.5. The molecule has 1 aliphatic carbocycles. The Kier molecular flexibility index (Phi) is 4.41. The molecule has 2 rings (SSSR count). The molecule has 0 unspecified atom stereocenters. The van der Waals surface area contributed by atoms with Crippen LogP contribution in [0.25, 0.3) is 0 Å². The second-order valence-corrected chi connectivity index (χ2v) is 5.66. The van der Waals surface area contributed by atoms with Crippen molar-refractivity contribution in [2.75, 3.05) is 6.61 Å². The fourth-order valence-corrected chi connectivity index (χ4v) is 2.09.